The molecule has 1 amide bonds. The molecular weight excluding hydrogens is 392 g/mol. The Morgan fingerprint density at radius 1 is 1.29 bits per heavy atom. The molecule has 1 fully saturated rings. The Balaban J connectivity index is 1.39. The van der Waals surface area contributed by atoms with Gasteiger partial charge in [0.05, 0.1) is 12.5 Å². The zero-order valence-electron chi connectivity index (χ0n) is 18.9. The highest BCUT2D eigenvalue weighted by molar-refractivity contribution is 5.90. The molecule has 1 aliphatic rings. The summed E-state index contributed by atoms with van der Waals surface area (Å²) in [5.41, 5.74) is 4.94. The summed E-state index contributed by atoms with van der Waals surface area (Å²) < 4.78 is 7.15. The van der Waals surface area contributed by atoms with E-state index in [-0.39, 0.29) is 5.91 Å². The third-order valence-electron chi connectivity index (χ3n) is 6.45. The van der Waals surface area contributed by atoms with Crippen LogP contribution in [0.1, 0.15) is 61.0 Å². The predicted molar refractivity (Wildman–Crippen MR) is 120 cm³/mol. The molecule has 3 aromatic heterocycles. The Morgan fingerprint density at radius 2 is 2.06 bits per heavy atom. The van der Waals surface area contributed by atoms with Gasteiger partial charge in [-0.3, -0.25) is 9.89 Å². The van der Waals surface area contributed by atoms with Crippen LogP contribution in [-0.4, -0.2) is 38.0 Å². The van der Waals surface area contributed by atoms with Crippen LogP contribution in [0, 0.1) is 19.8 Å². The molecule has 3 aromatic rings. The van der Waals surface area contributed by atoms with Crippen molar-refractivity contribution in [3.05, 3.63) is 28.6 Å². The second-order valence-electron chi connectivity index (χ2n) is 8.67. The minimum atomic E-state index is -0.0484. The van der Waals surface area contributed by atoms with Gasteiger partial charge in [-0.05, 0) is 43.7 Å². The van der Waals surface area contributed by atoms with E-state index in [0.29, 0.717) is 24.5 Å². The van der Waals surface area contributed by atoms with Gasteiger partial charge in [-0.25, -0.2) is 9.67 Å². The van der Waals surface area contributed by atoms with Gasteiger partial charge in [-0.15, -0.1) is 5.10 Å². The van der Waals surface area contributed by atoms with Crippen molar-refractivity contribution in [2.24, 2.45) is 13.0 Å². The highest BCUT2D eigenvalue weighted by Gasteiger charge is 2.19. The van der Waals surface area contributed by atoms with Gasteiger partial charge in [0.25, 0.3) is 0 Å². The fourth-order valence-electron chi connectivity index (χ4n) is 4.78. The van der Waals surface area contributed by atoms with Crippen molar-refractivity contribution in [3.8, 4) is 5.88 Å². The first kappa shape index (κ1) is 21.3. The third kappa shape index (κ3) is 4.57. The number of pyridine rings is 1. The van der Waals surface area contributed by atoms with E-state index >= 15 is 0 Å². The average Bonchev–Trinajstić information content (AvgIpc) is 3.32. The van der Waals surface area contributed by atoms with Crippen LogP contribution in [0.3, 0.4) is 0 Å². The van der Waals surface area contributed by atoms with Crippen LogP contribution in [0.2, 0.25) is 0 Å². The molecule has 2 N–H and O–H groups in total. The fraction of sp³-hybridized carbons (Fsp3) is 0.565. The molecular formula is C23H32N6O2. The molecule has 31 heavy (non-hydrogen) atoms. The third-order valence-corrected chi connectivity index (χ3v) is 6.45. The summed E-state index contributed by atoms with van der Waals surface area (Å²) in [6, 6.07) is 1.97. The van der Waals surface area contributed by atoms with Crippen LogP contribution in [0.5, 0.6) is 5.88 Å². The van der Waals surface area contributed by atoms with Gasteiger partial charge in [0.2, 0.25) is 11.8 Å². The van der Waals surface area contributed by atoms with Crippen molar-refractivity contribution in [1.29, 1.82) is 0 Å². The number of methoxy groups -OCH3 is 1. The Hall–Kier alpha value is -2.90. The van der Waals surface area contributed by atoms with Gasteiger partial charge in [0, 0.05) is 30.9 Å². The number of ether oxygens (including phenoxy) is 1. The maximum Gasteiger partial charge on any atom is 0.242 e. The molecule has 8 nitrogen and oxygen atoms in total. The van der Waals surface area contributed by atoms with Gasteiger partial charge in [-0.1, -0.05) is 32.1 Å². The first-order valence-corrected chi connectivity index (χ1v) is 11.2. The van der Waals surface area contributed by atoms with Gasteiger partial charge in [-0.2, -0.15) is 5.10 Å². The lowest BCUT2D eigenvalue weighted by Gasteiger charge is -2.20. The largest absolute Gasteiger partial charge is 0.479 e. The van der Waals surface area contributed by atoms with E-state index in [1.54, 1.807) is 11.8 Å². The van der Waals surface area contributed by atoms with E-state index in [2.05, 4.69) is 20.6 Å². The molecule has 8 heteroatoms. The van der Waals surface area contributed by atoms with E-state index in [9.17, 15) is 4.79 Å². The Labute approximate surface area is 182 Å². The summed E-state index contributed by atoms with van der Waals surface area (Å²) in [6.45, 7) is 4.02. The summed E-state index contributed by atoms with van der Waals surface area (Å²) in [5, 5.41) is 15.6. The lowest BCUT2D eigenvalue weighted by atomic mass is 9.86. The molecule has 1 saturated carbocycles. The maximum atomic E-state index is 12.6. The minimum Gasteiger partial charge on any atom is -0.479 e. The Morgan fingerprint density at radius 3 is 2.81 bits per heavy atom. The maximum absolute atomic E-state index is 12.6. The second kappa shape index (κ2) is 9.08. The number of aryl methyl sites for hydroxylation is 3. The monoisotopic (exact) mass is 424 g/mol. The summed E-state index contributed by atoms with van der Waals surface area (Å²) in [7, 11) is 3.47. The van der Waals surface area contributed by atoms with Gasteiger partial charge in [0.15, 0.2) is 11.5 Å². The number of aromatic nitrogens is 5. The summed E-state index contributed by atoms with van der Waals surface area (Å²) >= 11 is 0. The summed E-state index contributed by atoms with van der Waals surface area (Å²) in [6.07, 6.45) is 8.57. The zero-order chi connectivity index (χ0) is 22.0. The smallest absolute Gasteiger partial charge is 0.242 e. The number of hydrogen-bond acceptors (Lipinski definition) is 5. The van der Waals surface area contributed by atoms with Crippen molar-refractivity contribution in [2.45, 2.75) is 65.2 Å². The number of fused-ring (bicyclic) bond motifs is 1. The van der Waals surface area contributed by atoms with Crippen molar-refractivity contribution >= 4 is 22.8 Å². The van der Waals surface area contributed by atoms with Crippen molar-refractivity contribution in [1.82, 2.24) is 25.0 Å². The van der Waals surface area contributed by atoms with E-state index < -0.39 is 0 Å². The molecule has 0 saturated heterocycles. The highest BCUT2D eigenvalue weighted by atomic mass is 16.5. The molecule has 0 radical (unpaired) electrons. The number of H-pyrrole nitrogens is 1. The molecule has 0 atom stereocenters. The normalized spacial score (nSPS) is 14.8. The fourth-order valence-corrected chi connectivity index (χ4v) is 4.78. The Bertz CT molecular complexity index is 1080. The van der Waals surface area contributed by atoms with Crippen LogP contribution >= 0.6 is 0 Å². The molecule has 166 valence electrons. The number of aromatic amines is 1. The number of carbonyl (C=O) groups excluding carboxylic acids is 1. The number of amides is 1. The van der Waals surface area contributed by atoms with Gasteiger partial charge < -0.3 is 10.1 Å². The van der Waals surface area contributed by atoms with Gasteiger partial charge >= 0.3 is 0 Å². The average molecular weight is 425 g/mol. The van der Waals surface area contributed by atoms with Crippen molar-refractivity contribution in [3.63, 3.8) is 0 Å². The van der Waals surface area contributed by atoms with Crippen LogP contribution in [0.15, 0.2) is 6.07 Å². The van der Waals surface area contributed by atoms with E-state index in [1.165, 1.54) is 32.1 Å². The van der Waals surface area contributed by atoms with Crippen molar-refractivity contribution in [2.75, 3.05) is 12.4 Å². The number of hydrogen-bond donors (Lipinski definition) is 2. The molecule has 0 unspecified atom stereocenters. The number of nitrogens with one attached hydrogen (secondary N) is 2. The standard InChI is InChI=1S/C23H32N6O2/c1-14-18(15(2)24-22-21(14)23(31-4)28-29(22)3)10-11-20(30)25-19-13-17(26-27-19)12-16-8-6-5-7-9-16/h13,16H,5-12H2,1-4H3,(H2,25,26,27,30). The number of carbonyl (C=O) groups is 1. The second-order valence-corrected chi connectivity index (χ2v) is 8.67. The van der Waals surface area contributed by atoms with E-state index in [4.69, 9.17) is 9.72 Å². The number of rotatable bonds is 7. The lowest BCUT2D eigenvalue weighted by molar-refractivity contribution is -0.116. The first-order valence-electron chi connectivity index (χ1n) is 11.2. The minimum absolute atomic E-state index is 0.0484. The molecule has 4 rings (SSSR count). The number of anilines is 1. The molecule has 3 heterocycles. The summed E-state index contributed by atoms with van der Waals surface area (Å²) in [4.78, 5) is 17.3. The number of nitrogens with zero attached hydrogens (tertiary/aromatic N) is 4. The van der Waals surface area contributed by atoms with Crippen LogP contribution in [0.25, 0.3) is 11.0 Å². The first-order chi connectivity index (χ1) is 15.0. The van der Waals surface area contributed by atoms with Crippen LogP contribution in [0.4, 0.5) is 5.82 Å². The van der Waals surface area contributed by atoms with Crippen molar-refractivity contribution < 1.29 is 9.53 Å². The van der Waals surface area contributed by atoms with Gasteiger partial charge in [0.1, 0.15) is 0 Å². The van der Waals surface area contributed by atoms with Crippen LogP contribution < -0.4 is 10.1 Å². The lowest BCUT2D eigenvalue weighted by Crippen LogP contribution is -2.13. The zero-order valence-corrected chi connectivity index (χ0v) is 18.9. The molecule has 0 aliphatic heterocycles. The SMILES string of the molecule is COc1nn(C)c2nc(C)c(CCC(=O)Nc3cc(CC4CCCCC4)[nH]n3)c(C)c12. The Kier molecular flexibility index (Phi) is 6.25. The molecule has 0 aromatic carbocycles. The van der Waals surface area contributed by atoms with E-state index in [0.717, 1.165) is 45.9 Å². The molecule has 0 bridgehead atoms. The van der Waals surface area contributed by atoms with E-state index in [1.807, 2.05) is 27.0 Å². The molecule has 0 spiro atoms. The molecule has 1 aliphatic carbocycles. The topological polar surface area (TPSA) is 97.7 Å². The van der Waals surface area contributed by atoms with Crippen LogP contribution in [-0.2, 0) is 24.7 Å². The summed E-state index contributed by atoms with van der Waals surface area (Å²) in [5.74, 6) is 1.85. The highest BCUT2D eigenvalue weighted by Crippen LogP contribution is 2.30. The predicted octanol–water partition coefficient (Wildman–Crippen LogP) is 4.01. The quantitative estimate of drug-likeness (QED) is 0.597.